The van der Waals surface area contributed by atoms with Gasteiger partial charge in [-0.1, -0.05) is 33.3 Å². The first kappa shape index (κ1) is 21.0. The van der Waals surface area contributed by atoms with Gasteiger partial charge in [0.15, 0.2) is 0 Å². The molecule has 140 valence electrons. The van der Waals surface area contributed by atoms with Crippen LogP contribution in [0, 0.1) is 18.8 Å². The van der Waals surface area contributed by atoms with E-state index in [4.69, 9.17) is 9.47 Å². The van der Waals surface area contributed by atoms with Crippen LogP contribution < -0.4 is 0 Å². The molecule has 1 unspecified atom stereocenters. The van der Waals surface area contributed by atoms with Crippen molar-refractivity contribution in [1.29, 1.82) is 0 Å². The molecule has 5 nitrogen and oxygen atoms in total. The molecule has 0 fully saturated rings. The second kappa shape index (κ2) is 10.1. The Morgan fingerprint density at radius 3 is 2.32 bits per heavy atom. The lowest BCUT2D eigenvalue weighted by molar-refractivity contribution is 0.0417. The fraction of sp³-hybridized carbons (Fsp3) is 0.600. The molecule has 0 spiro atoms. The van der Waals surface area contributed by atoms with E-state index in [1.165, 1.54) is 5.56 Å². The molecule has 1 rings (SSSR count). The number of carboxylic acids is 1. The number of carboxylic acid groups (broad SMARTS) is 1. The Kier molecular flexibility index (Phi) is 8.46. The van der Waals surface area contributed by atoms with E-state index >= 15 is 0 Å². The van der Waals surface area contributed by atoms with Gasteiger partial charge in [0.2, 0.25) is 0 Å². The van der Waals surface area contributed by atoms with E-state index in [-0.39, 0.29) is 25.0 Å². The first-order valence-corrected chi connectivity index (χ1v) is 8.95. The highest BCUT2D eigenvalue weighted by atomic mass is 16.7. The molecule has 0 bridgehead atoms. The van der Waals surface area contributed by atoms with Crippen molar-refractivity contribution in [3.63, 3.8) is 0 Å². The minimum Gasteiger partial charge on any atom is -0.478 e. The standard InChI is InChI=1S/C20H30O5/c1-6-8-15-10-16(18(19(21)22)9-14(15)5)11-17(13(3)4)12-25-20(23)24-7-2/h9-10,13,17H,6-8,11-12H2,1-5H3,(H,21,22). The second-order valence-corrected chi connectivity index (χ2v) is 6.69. The van der Waals surface area contributed by atoms with Crippen LogP contribution in [0.4, 0.5) is 4.79 Å². The minimum absolute atomic E-state index is 0.0275. The molecule has 0 aliphatic carbocycles. The van der Waals surface area contributed by atoms with Gasteiger partial charge < -0.3 is 14.6 Å². The summed E-state index contributed by atoms with van der Waals surface area (Å²) in [5.74, 6) is -0.651. The molecule has 0 heterocycles. The van der Waals surface area contributed by atoms with Crippen molar-refractivity contribution >= 4 is 12.1 Å². The predicted molar refractivity (Wildman–Crippen MR) is 97.1 cm³/mol. The lowest BCUT2D eigenvalue weighted by Gasteiger charge is -2.22. The van der Waals surface area contributed by atoms with E-state index < -0.39 is 12.1 Å². The highest BCUT2D eigenvalue weighted by Gasteiger charge is 2.21. The first-order valence-electron chi connectivity index (χ1n) is 8.95. The Bertz CT molecular complexity index is 592. The minimum atomic E-state index is -0.921. The highest BCUT2D eigenvalue weighted by Crippen LogP contribution is 2.24. The van der Waals surface area contributed by atoms with E-state index in [1.54, 1.807) is 13.0 Å². The first-order chi connectivity index (χ1) is 11.8. The van der Waals surface area contributed by atoms with Gasteiger partial charge in [0.05, 0.1) is 18.8 Å². The van der Waals surface area contributed by atoms with Crippen molar-refractivity contribution in [1.82, 2.24) is 0 Å². The van der Waals surface area contributed by atoms with Crippen LogP contribution in [0.3, 0.4) is 0 Å². The number of carbonyl (C=O) groups is 2. The summed E-state index contributed by atoms with van der Waals surface area (Å²) >= 11 is 0. The molecule has 25 heavy (non-hydrogen) atoms. The van der Waals surface area contributed by atoms with Crippen LogP contribution in [-0.4, -0.2) is 30.4 Å². The lowest BCUT2D eigenvalue weighted by atomic mass is 9.86. The van der Waals surface area contributed by atoms with Gasteiger partial charge in [-0.25, -0.2) is 9.59 Å². The summed E-state index contributed by atoms with van der Waals surface area (Å²) in [7, 11) is 0. The molecule has 0 amide bonds. The predicted octanol–water partition coefficient (Wildman–Crippen LogP) is 4.63. The third-order valence-electron chi connectivity index (χ3n) is 4.41. The number of aryl methyl sites for hydroxylation is 2. The average Bonchev–Trinajstić information content (AvgIpc) is 2.53. The summed E-state index contributed by atoms with van der Waals surface area (Å²) in [6, 6.07) is 3.76. The second-order valence-electron chi connectivity index (χ2n) is 6.69. The zero-order valence-corrected chi connectivity index (χ0v) is 15.9. The van der Waals surface area contributed by atoms with E-state index in [1.807, 2.05) is 26.8 Å². The zero-order chi connectivity index (χ0) is 19.0. The quantitative estimate of drug-likeness (QED) is 0.657. The number of benzene rings is 1. The van der Waals surface area contributed by atoms with Gasteiger partial charge in [0, 0.05) is 0 Å². The Hall–Kier alpha value is -2.04. The molecule has 0 aromatic heterocycles. The Morgan fingerprint density at radius 1 is 1.12 bits per heavy atom. The number of ether oxygens (including phenoxy) is 2. The largest absolute Gasteiger partial charge is 0.508 e. The molecule has 1 N–H and O–H groups in total. The number of hydrogen-bond acceptors (Lipinski definition) is 4. The van der Waals surface area contributed by atoms with Crippen LogP contribution in [0.5, 0.6) is 0 Å². The van der Waals surface area contributed by atoms with E-state index in [0.717, 1.165) is 24.0 Å². The fourth-order valence-electron chi connectivity index (χ4n) is 2.81. The molecule has 1 atom stereocenters. The summed E-state index contributed by atoms with van der Waals surface area (Å²) in [4.78, 5) is 23.1. The Balaban J connectivity index is 3.03. The summed E-state index contributed by atoms with van der Waals surface area (Å²) < 4.78 is 9.97. The molecule has 0 aliphatic heterocycles. The van der Waals surface area contributed by atoms with Gasteiger partial charge in [-0.3, -0.25) is 0 Å². The fourth-order valence-corrected chi connectivity index (χ4v) is 2.81. The van der Waals surface area contributed by atoms with E-state index in [2.05, 4.69) is 6.92 Å². The maximum atomic E-state index is 11.6. The zero-order valence-electron chi connectivity index (χ0n) is 15.9. The van der Waals surface area contributed by atoms with Crippen LogP contribution >= 0.6 is 0 Å². The molecule has 5 heteroatoms. The van der Waals surface area contributed by atoms with Crippen molar-refractivity contribution in [2.24, 2.45) is 11.8 Å². The summed E-state index contributed by atoms with van der Waals surface area (Å²) in [5, 5.41) is 9.55. The molecular formula is C20H30O5. The maximum Gasteiger partial charge on any atom is 0.508 e. The number of carbonyl (C=O) groups excluding carboxylic acids is 1. The lowest BCUT2D eigenvalue weighted by Crippen LogP contribution is -2.22. The molecule has 0 saturated heterocycles. The van der Waals surface area contributed by atoms with Gasteiger partial charge in [-0.2, -0.15) is 0 Å². The third-order valence-corrected chi connectivity index (χ3v) is 4.41. The third kappa shape index (κ3) is 6.40. The summed E-state index contributed by atoms with van der Waals surface area (Å²) in [6.07, 6.45) is 1.80. The highest BCUT2D eigenvalue weighted by molar-refractivity contribution is 5.89. The van der Waals surface area contributed by atoms with Crippen molar-refractivity contribution in [2.75, 3.05) is 13.2 Å². The topological polar surface area (TPSA) is 72.8 Å². The van der Waals surface area contributed by atoms with E-state index in [9.17, 15) is 14.7 Å². The van der Waals surface area contributed by atoms with Gasteiger partial charge in [-0.15, -0.1) is 0 Å². The van der Waals surface area contributed by atoms with Crippen LogP contribution in [0.2, 0.25) is 0 Å². The number of hydrogen-bond donors (Lipinski definition) is 1. The van der Waals surface area contributed by atoms with Gasteiger partial charge in [0.1, 0.15) is 0 Å². The Labute approximate surface area is 150 Å². The molecule has 0 radical (unpaired) electrons. The van der Waals surface area contributed by atoms with Crippen molar-refractivity contribution in [3.05, 3.63) is 34.4 Å². The molecule has 0 saturated carbocycles. The summed E-state index contributed by atoms with van der Waals surface area (Å²) in [5.41, 5.74) is 3.31. The van der Waals surface area contributed by atoms with Crippen LogP contribution in [0.1, 0.15) is 61.2 Å². The van der Waals surface area contributed by atoms with E-state index in [0.29, 0.717) is 12.0 Å². The van der Waals surface area contributed by atoms with Crippen molar-refractivity contribution in [3.8, 4) is 0 Å². The van der Waals surface area contributed by atoms with Gasteiger partial charge in [0.25, 0.3) is 0 Å². The normalized spacial score (nSPS) is 12.1. The van der Waals surface area contributed by atoms with Crippen LogP contribution in [0.25, 0.3) is 0 Å². The maximum absolute atomic E-state index is 11.6. The number of rotatable bonds is 9. The number of aromatic carboxylic acids is 1. The Morgan fingerprint density at radius 2 is 1.80 bits per heavy atom. The van der Waals surface area contributed by atoms with Gasteiger partial charge in [-0.05, 0) is 61.3 Å². The molecule has 1 aromatic carbocycles. The molecule has 1 aromatic rings. The van der Waals surface area contributed by atoms with Crippen molar-refractivity contribution < 1.29 is 24.2 Å². The molecular weight excluding hydrogens is 320 g/mol. The summed E-state index contributed by atoms with van der Waals surface area (Å²) in [6.45, 7) is 10.3. The monoisotopic (exact) mass is 350 g/mol. The van der Waals surface area contributed by atoms with Gasteiger partial charge >= 0.3 is 12.1 Å². The van der Waals surface area contributed by atoms with Crippen LogP contribution in [-0.2, 0) is 22.3 Å². The average molecular weight is 350 g/mol. The molecule has 0 aliphatic rings. The van der Waals surface area contributed by atoms with Crippen molar-refractivity contribution in [2.45, 2.75) is 53.9 Å². The van der Waals surface area contributed by atoms with Crippen LogP contribution in [0.15, 0.2) is 12.1 Å². The smallest absolute Gasteiger partial charge is 0.478 e. The SMILES string of the molecule is CCCc1cc(CC(COC(=O)OCC)C(C)C)c(C(=O)O)cc1C.